The molecule has 140 valence electrons. The van der Waals surface area contributed by atoms with Crippen LogP contribution in [0.3, 0.4) is 0 Å². The predicted octanol–water partition coefficient (Wildman–Crippen LogP) is 4.38. The van der Waals surface area contributed by atoms with Crippen molar-refractivity contribution in [3.63, 3.8) is 0 Å². The molecule has 2 aromatic carbocycles. The molecule has 0 aliphatic heterocycles. The molecule has 3 rings (SSSR count). The fourth-order valence-corrected chi connectivity index (χ4v) is 3.19. The first-order valence-corrected chi connectivity index (χ1v) is 9.65. The number of rotatable bonds is 7. The second-order valence-electron chi connectivity index (χ2n) is 5.97. The van der Waals surface area contributed by atoms with Crippen LogP contribution in [-0.2, 0) is 11.4 Å². The van der Waals surface area contributed by atoms with E-state index in [0.29, 0.717) is 16.0 Å². The Bertz CT molecular complexity index is 945. The van der Waals surface area contributed by atoms with Crippen molar-refractivity contribution in [1.29, 1.82) is 0 Å². The highest BCUT2D eigenvalue weighted by Crippen LogP contribution is 2.20. The number of ether oxygens (including phenoxy) is 1. The SMILES string of the molecule is Cc1cccc(OCc2nc(SCC(=O)Nc3ccc(Cl)cc3C)n[nH]2)c1. The minimum absolute atomic E-state index is 0.132. The first-order chi connectivity index (χ1) is 13.0. The lowest BCUT2D eigenvalue weighted by atomic mass is 10.2. The van der Waals surface area contributed by atoms with E-state index in [1.54, 1.807) is 18.2 Å². The molecule has 0 radical (unpaired) electrons. The minimum Gasteiger partial charge on any atom is -0.486 e. The van der Waals surface area contributed by atoms with Crippen LogP contribution in [0.5, 0.6) is 5.75 Å². The highest BCUT2D eigenvalue weighted by atomic mass is 35.5. The Balaban J connectivity index is 1.48. The van der Waals surface area contributed by atoms with Crippen molar-refractivity contribution in [2.45, 2.75) is 25.6 Å². The summed E-state index contributed by atoms with van der Waals surface area (Å²) in [5.41, 5.74) is 2.78. The molecule has 0 aliphatic rings. The number of nitrogens with zero attached hydrogens (tertiary/aromatic N) is 2. The molecule has 1 aromatic heterocycles. The number of aromatic amines is 1. The van der Waals surface area contributed by atoms with E-state index in [-0.39, 0.29) is 18.3 Å². The largest absolute Gasteiger partial charge is 0.486 e. The van der Waals surface area contributed by atoms with Gasteiger partial charge in [-0.1, -0.05) is 35.5 Å². The highest BCUT2D eigenvalue weighted by Gasteiger charge is 2.10. The molecule has 8 heteroatoms. The molecule has 2 N–H and O–H groups in total. The van der Waals surface area contributed by atoms with E-state index in [4.69, 9.17) is 16.3 Å². The van der Waals surface area contributed by atoms with Gasteiger partial charge in [-0.2, -0.15) is 0 Å². The first-order valence-electron chi connectivity index (χ1n) is 8.29. The van der Waals surface area contributed by atoms with Crippen LogP contribution >= 0.6 is 23.4 Å². The molecule has 0 saturated heterocycles. The Hall–Kier alpha value is -2.51. The van der Waals surface area contributed by atoms with Crippen molar-refractivity contribution in [2.24, 2.45) is 0 Å². The number of aromatic nitrogens is 3. The summed E-state index contributed by atoms with van der Waals surface area (Å²) in [6, 6.07) is 13.1. The lowest BCUT2D eigenvalue weighted by Crippen LogP contribution is -2.14. The van der Waals surface area contributed by atoms with Crippen molar-refractivity contribution >= 4 is 35.0 Å². The highest BCUT2D eigenvalue weighted by molar-refractivity contribution is 7.99. The van der Waals surface area contributed by atoms with Gasteiger partial charge >= 0.3 is 0 Å². The van der Waals surface area contributed by atoms with Gasteiger partial charge in [0.2, 0.25) is 11.1 Å². The molecule has 0 bridgehead atoms. The molecule has 0 atom stereocenters. The van der Waals surface area contributed by atoms with Gasteiger partial charge in [-0.05, 0) is 55.3 Å². The van der Waals surface area contributed by atoms with Crippen LogP contribution in [0.2, 0.25) is 5.02 Å². The molecular formula is C19H19ClN4O2S. The van der Waals surface area contributed by atoms with Crippen LogP contribution in [0.1, 0.15) is 17.0 Å². The standard InChI is InChI=1S/C19H19ClN4O2S/c1-12-4-3-5-15(8-12)26-10-17-22-19(24-23-17)27-11-18(25)21-16-7-6-14(20)9-13(16)2/h3-9H,10-11H2,1-2H3,(H,21,25)(H,22,23,24). The number of hydrogen-bond donors (Lipinski definition) is 2. The van der Waals surface area contributed by atoms with Crippen molar-refractivity contribution in [3.8, 4) is 5.75 Å². The van der Waals surface area contributed by atoms with E-state index >= 15 is 0 Å². The number of hydrogen-bond acceptors (Lipinski definition) is 5. The predicted molar refractivity (Wildman–Crippen MR) is 107 cm³/mol. The molecular weight excluding hydrogens is 384 g/mol. The zero-order valence-corrected chi connectivity index (χ0v) is 16.5. The van der Waals surface area contributed by atoms with Gasteiger partial charge in [0.1, 0.15) is 12.4 Å². The summed E-state index contributed by atoms with van der Waals surface area (Å²) >= 11 is 7.18. The van der Waals surface area contributed by atoms with Crippen LogP contribution in [0, 0.1) is 13.8 Å². The normalized spacial score (nSPS) is 10.6. The number of anilines is 1. The summed E-state index contributed by atoms with van der Waals surface area (Å²) in [7, 11) is 0. The maximum absolute atomic E-state index is 12.1. The van der Waals surface area contributed by atoms with E-state index in [1.165, 1.54) is 11.8 Å². The van der Waals surface area contributed by atoms with E-state index in [0.717, 1.165) is 22.6 Å². The molecule has 1 amide bonds. The Labute approximate surface area is 166 Å². The molecule has 3 aromatic rings. The summed E-state index contributed by atoms with van der Waals surface area (Å²) in [5, 5.41) is 10.9. The maximum Gasteiger partial charge on any atom is 0.234 e. The van der Waals surface area contributed by atoms with Crippen LogP contribution in [0.4, 0.5) is 5.69 Å². The second-order valence-corrected chi connectivity index (χ2v) is 7.34. The summed E-state index contributed by atoms with van der Waals surface area (Å²) in [5.74, 6) is 1.46. The molecule has 1 heterocycles. The lowest BCUT2D eigenvalue weighted by molar-refractivity contribution is -0.113. The number of thioether (sulfide) groups is 1. The van der Waals surface area contributed by atoms with Crippen LogP contribution in [0.25, 0.3) is 0 Å². The van der Waals surface area contributed by atoms with Gasteiger partial charge in [-0.15, -0.1) is 5.10 Å². The summed E-state index contributed by atoms with van der Waals surface area (Å²) in [4.78, 5) is 16.4. The Morgan fingerprint density at radius 3 is 2.89 bits per heavy atom. The van der Waals surface area contributed by atoms with Gasteiger partial charge in [-0.3, -0.25) is 9.89 Å². The fraction of sp³-hybridized carbons (Fsp3) is 0.211. The Kier molecular flexibility index (Phi) is 6.36. The summed E-state index contributed by atoms with van der Waals surface area (Å²) < 4.78 is 5.68. The van der Waals surface area contributed by atoms with Gasteiger partial charge in [0.25, 0.3) is 0 Å². The summed E-state index contributed by atoms with van der Waals surface area (Å²) in [6.45, 7) is 4.18. The van der Waals surface area contributed by atoms with Gasteiger partial charge in [-0.25, -0.2) is 4.98 Å². The third-order valence-corrected chi connectivity index (χ3v) is 4.75. The number of halogens is 1. The van der Waals surface area contributed by atoms with Crippen molar-refractivity contribution in [3.05, 3.63) is 64.4 Å². The number of carbonyl (C=O) groups excluding carboxylic acids is 1. The zero-order valence-electron chi connectivity index (χ0n) is 15.0. The average Bonchev–Trinajstić information content (AvgIpc) is 3.09. The quantitative estimate of drug-likeness (QED) is 0.573. The monoisotopic (exact) mass is 402 g/mol. The van der Waals surface area contributed by atoms with Crippen LogP contribution in [-0.4, -0.2) is 26.8 Å². The van der Waals surface area contributed by atoms with E-state index in [1.807, 2.05) is 38.1 Å². The molecule has 0 saturated carbocycles. The third kappa shape index (κ3) is 5.74. The van der Waals surface area contributed by atoms with Gasteiger partial charge < -0.3 is 10.1 Å². The average molecular weight is 403 g/mol. The van der Waals surface area contributed by atoms with Crippen molar-refractivity contribution in [1.82, 2.24) is 15.2 Å². The van der Waals surface area contributed by atoms with Crippen LogP contribution in [0.15, 0.2) is 47.6 Å². The first kappa shape index (κ1) is 19.3. The zero-order chi connectivity index (χ0) is 19.2. The summed E-state index contributed by atoms with van der Waals surface area (Å²) in [6.07, 6.45) is 0. The second kappa shape index (κ2) is 8.92. The number of H-pyrrole nitrogens is 1. The molecule has 0 unspecified atom stereocenters. The minimum atomic E-state index is -0.132. The Morgan fingerprint density at radius 2 is 2.11 bits per heavy atom. The molecule has 0 aliphatic carbocycles. The molecule has 6 nitrogen and oxygen atoms in total. The number of aryl methyl sites for hydroxylation is 2. The van der Waals surface area contributed by atoms with Crippen molar-refractivity contribution < 1.29 is 9.53 Å². The topological polar surface area (TPSA) is 79.9 Å². The van der Waals surface area contributed by atoms with E-state index < -0.39 is 0 Å². The lowest BCUT2D eigenvalue weighted by Gasteiger charge is -2.07. The van der Waals surface area contributed by atoms with Crippen LogP contribution < -0.4 is 10.1 Å². The number of nitrogens with one attached hydrogen (secondary N) is 2. The Morgan fingerprint density at radius 1 is 1.26 bits per heavy atom. The molecule has 0 fully saturated rings. The smallest absolute Gasteiger partial charge is 0.234 e. The fourth-order valence-electron chi connectivity index (χ4n) is 2.35. The van der Waals surface area contributed by atoms with Crippen molar-refractivity contribution in [2.75, 3.05) is 11.1 Å². The van der Waals surface area contributed by atoms with Gasteiger partial charge in [0.05, 0.1) is 5.75 Å². The number of carbonyl (C=O) groups is 1. The van der Waals surface area contributed by atoms with Gasteiger partial charge in [0, 0.05) is 10.7 Å². The maximum atomic E-state index is 12.1. The molecule has 0 spiro atoms. The number of benzene rings is 2. The van der Waals surface area contributed by atoms with E-state index in [9.17, 15) is 4.79 Å². The number of amides is 1. The molecule has 27 heavy (non-hydrogen) atoms. The third-order valence-electron chi connectivity index (χ3n) is 3.67. The van der Waals surface area contributed by atoms with E-state index in [2.05, 4.69) is 20.5 Å². The van der Waals surface area contributed by atoms with Gasteiger partial charge in [0.15, 0.2) is 5.82 Å².